The van der Waals surface area contributed by atoms with Gasteiger partial charge in [0.05, 0.1) is 11.6 Å². The lowest BCUT2D eigenvalue weighted by Crippen LogP contribution is -2.39. The van der Waals surface area contributed by atoms with Crippen LogP contribution in [0.25, 0.3) is 0 Å². The third-order valence-electron chi connectivity index (χ3n) is 4.72. The van der Waals surface area contributed by atoms with Crippen molar-refractivity contribution < 1.29 is 13.5 Å². The molecule has 1 heterocycles. The fourth-order valence-corrected chi connectivity index (χ4v) is 3.26. The highest BCUT2D eigenvalue weighted by Crippen LogP contribution is 2.29. The van der Waals surface area contributed by atoms with E-state index in [1.165, 1.54) is 12.1 Å². The van der Waals surface area contributed by atoms with E-state index in [4.69, 9.17) is 4.74 Å². The molecule has 1 N–H and O–H groups in total. The summed E-state index contributed by atoms with van der Waals surface area (Å²) in [7, 11) is 0. The van der Waals surface area contributed by atoms with Gasteiger partial charge in [-0.25, -0.2) is 13.5 Å². The van der Waals surface area contributed by atoms with Crippen molar-refractivity contribution in [3.05, 3.63) is 71.1 Å². The first-order chi connectivity index (χ1) is 14.2. The van der Waals surface area contributed by atoms with Crippen LogP contribution < -0.4 is 10.1 Å². The molecule has 0 aliphatic heterocycles. The first-order valence-electron chi connectivity index (χ1n) is 9.85. The van der Waals surface area contributed by atoms with Crippen LogP contribution in [0.4, 0.5) is 8.78 Å². The largest absolute Gasteiger partial charge is 0.489 e. The third-order valence-corrected chi connectivity index (χ3v) is 4.72. The number of rotatable bonds is 7. The Morgan fingerprint density at radius 3 is 2.43 bits per heavy atom. The molecular formula is C22H27F2N5O. The zero-order valence-electron chi connectivity index (χ0n) is 17.9. The fourth-order valence-electron chi connectivity index (χ4n) is 3.26. The molecule has 2 atom stereocenters. The summed E-state index contributed by atoms with van der Waals surface area (Å²) in [6, 6.07) is 10.3. The van der Waals surface area contributed by atoms with Gasteiger partial charge < -0.3 is 4.74 Å². The average molecular weight is 415 g/mol. The number of aromatic nitrogens is 4. The molecule has 0 aliphatic carbocycles. The summed E-state index contributed by atoms with van der Waals surface area (Å²) in [6.07, 6.45) is 0. The Hall–Kier alpha value is -2.87. The van der Waals surface area contributed by atoms with Crippen molar-refractivity contribution in [2.45, 2.75) is 52.2 Å². The molecule has 2 aromatic carbocycles. The van der Waals surface area contributed by atoms with Crippen LogP contribution in [0.5, 0.6) is 5.75 Å². The molecule has 6 nitrogen and oxygen atoms in total. The number of aryl methyl sites for hydroxylation is 1. The lowest BCUT2D eigenvalue weighted by molar-refractivity contribution is 0.249. The van der Waals surface area contributed by atoms with Gasteiger partial charge in [-0.1, -0.05) is 24.3 Å². The van der Waals surface area contributed by atoms with Crippen molar-refractivity contribution in [2.75, 3.05) is 6.61 Å². The molecule has 3 aromatic rings. The molecule has 0 spiro atoms. The number of nitrogens with one attached hydrogen (secondary N) is 1. The molecule has 1 aromatic heterocycles. The van der Waals surface area contributed by atoms with Crippen LogP contribution >= 0.6 is 0 Å². The molecule has 0 amide bonds. The number of hydrogen-bond acceptors (Lipinski definition) is 5. The van der Waals surface area contributed by atoms with E-state index in [9.17, 15) is 8.78 Å². The normalized spacial score (nSPS) is 13.8. The Morgan fingerprint density at radius 2 is 1.77 bits per heavy atom. The highest BCUT2D eigenvalue weighted by Gasteiger charge is 2.30. The number of para-hydroxylation sites is 1. The molecule has 3 rings (SSSR count). The number of halogens is 2. The zero-order chi connectivity index (χ0) is 21.9. The van der Waals surface area contributed by atoms with Crippen molar-refractivity contribution in [1.82, 2.24) is 25.5 Å². The minimum Gasteiger partial charge on any atom is -0.489 e. The van der Waals surface area contributed by atoms with Crippen LogP contribution in [0, 0.1) is 18.6 Å². The summed E-state index contributed by atoms with van der Waals surface area (Å²) >= 11 is 0. The monoisotopic (exact) mass is 415 g/mol. The molecule has 2 unspecified atom stereocenters. The van der Waals surface area contributed by atoms with Crippen LogP contribution in [-0.4, -0.2) is 32.9 Å². The predicted molar refractivity (Wildman–Crippen MR) is 110 cm³/mol. The van der Waals surface area contributed by atoms with Crippen LogP contribution in [0.3, 0.4) is 0 Å². The molecule has 160 valence electrons. The number of ether oxygens (including phenoxy) is 1. The predicted octanol–water partition coefficient (Wildman–Crippen LogP) is 4.16. The molecule has 0 aliphatic rings. The summed E-state index contributed by atoms with van der Waals surface area (Å²) in [5.41, 5.74) is 0.846. The van der Waals surface area contributed by atoms with Crippen molar-refractivity contribution in [1.29, 1.82) is 0 Å². The van der Waals surface area contributed by atoms with Gasteiger partial charge in [-0.05, 0) is 68.8 Å². The Kier molecular flexibility index (Phi) is 6.45. The summed E-state index contributed by atoms with van der Waals surface area (Å²) < 4.78 is 36.0. The van der Waals surface area contributed by atoms with Crippen molar-refractivity contribution >= 4 is 0 Å². The van der Waals surface area contributed by atoms with Gasteiger partial charge in [0.1, 0.15) is 12.4 Å². The summed E-state index contributed by atoms with van der Waals surface area (Å²) in [5, 5.41) is 15.5. The number of nitrogens with zero attached hydrogens (tertiary/aromatic N) is 4. The van der Waals surface area contributed by atoms with Crippen LogP contribution in [-0.2, 0) is 5.54 Å². The number of benzene rings is 2. The minimum atomic E-state index is -0.611. The quantitative estimate of drug-likeness (QED) is 0.628. The number of hydrogen-bond donors (Lipinski definition) is 1. The minimum absolute atomic E-state index is 0.171. The molecule has 0 saturated carbocycles. The Bertz CT molecular complexity index is 979. The lowest BCUT2D eigenvalue weighted by atomic mass is 9.98. The van der Waals surface area contributed by atoms with E-state index in [1.807, 2.05) is 40.7 Å². The van der Waals surface area contributed by atoms with E-state index in [0.29, 0.717) is 11.4 Å². The summed E-state index contributed by atoms with van der Waals surface area (Å²) in [4.78, 5) is 0. The van der Waals surface area contributed by atoms with Gasteiger partial charge in [0.2, 0.25) is 0 Å². The average Bonchev–Trinajstić information content (AvgIpc) is 3.16. The van der Waals surface area contributed by atoms with Crippen LogP contribution in [0.15, 0.2) is 42.5 Å². The zero-order valence-corrected chi connectivity index (χ0v) is 17.9. The summed E-state index contributed by atoms with van der Waals surface area (Å²) in [5.74, 6) is -0.112. The lowest BCUT2D eigenvalue weighted by Gasteiger charge is -2.28. The van der Waals surface area contributed by atoms with E-state index in [0.717, 1.165) is 5.56 Å². The highest BCUT2D eigenvalue weighted by molar-refractivity contribution is 5.34. The van der Waals surface area contributed by atoms with E-state index in [1.54, 1.807) is 28.9 Å². The smallest absolute Gasteiger partial charge is 0.173 e. The van der Waals surface area contributed by atoms with Gasteiger partial charge in [-0.15, -0.1) is 5.10 Å². The van der Waals surface area contributed by atoms with Gasteiger partial charge in [0.25, 0.3) is 0 Å². The van der Waals surface area contributed by atoms with Gasteiger partial charge >= 0.3 is 0 Å². The molecule has 0 fully saturated rings. The van der Waals surface area contributed by atoms with Gasteiger partial charge in [0, 0.05) is 11.6 Å². The van der Waals surface area contributed by atoms with E-state index in [-0.39, 0.29) is 24.2 Å². The molecule has 0 bridgehead atoms. The Labute approximate surface area is 175 Å². The molecule has 0 saturated heterocycles. The maximum absolute atomic E-state index is 14.9. The van der Waals surface area contributed by atoms with Crippen molar-refractivity contribution in [2.24, 2.45) is 0 Å². The second-order valence-electron chi connectivity index (χ2n) is 8.33. The van der Waals surface area contributed by atoms with E-state index < -0.39 is 17.4 Å². The van der Waals surface area contributed by atoms with Crippen LogP contribution in [0.2, 0.25) is 0 Å². The highest BCUT2D eigenvalue weighted by atomic mass is 19.1. The molecule has 30 heavy (non-hydrogen) atoms. The van der Waals surface area contributed by atoms with Gasteiger partial charge in [-0.2, -0.15) is 0 Å². The van der Waals surface area contributed by atoms with E-state index >= 15 is 0 Å². The Morgan fingerprint density at radius 1 is 1.07 bits per heavy atom. The molecular weight excluding hydrogens is 388 g/mol. The van der Waals surface area contributed by atoms with Crippen molar-refractivity contribution in [3.63, 3.8) is 0 Å². The number of tetrazole rings is 1. The first-order valence-corrected chi connectivity index (χ1v) is 9.85. The maximum atomic E-state index is 14.9. The molecule has 8 heteroatoms. The third kappa shape index (κ3) is 4.81. The SMILES string of the molecule is Cc1cccc(F)c1C(NC(C)COc1ccccc1F)c1nnnn1C(C)(C)C. The molecule has 0 radical (unpaired) electrons. The second-order valence-corrected chi connectivity index (χ2v) is 8.33. The van der Waals surface area contributed by atoms with Crippen molar-refractivity contribution in [3.8, 4) is 5.75 Å². The summed E-state index contributed by atoms with van der Waals surface area (Å²) in [6.45, 7) is 9.84. The fraction of sp³-hybridized carbons (Fsp3) is 0.409. The standard InChI is InChI=1S/C22H27F2N5O/c1-14-9-8-11-17(24)19(14)20(21-26-27-28-29(21)22(3,4)5)25-15(2)13-30-18-12-7-6-10-16(18)23/h6-12,15,20,25H,13H2,1-5H3. The van der Waals surface area contributed by atoms with Gasteiger partial charge in [-0.3, -0.25) is 5.32 Å². The Balaban J connectivity index is 1.91. The second kappa shape index (κ2) is 8.87. The van der Waals surface area contributed by atoms with Gasteiger partial charge in [0.15, 0.2) is 17.4 Å². The van der Waals surface area contributed by atoms with E-state index in [2.05, 4.69) is 20.8 Å². The van der Waals surface area contributed by atoms with Crippen LogP contribution in [0.1, 0.15) is 50.7 Å². The topological polar surface area (TPSA) is 64.9 Å². The maximum Gasteiger partial charge on any atom is 0.173 e. The first kappa shape index (κ1) is 21.8.